The van der Waals surface area contributed by atoms with Crippen LogP contribution in [0.2, 0.25) is 0 Å². The molecule has 0 bridgehead atoms. The molecule has 366 valence electrons. The first-order valence-corrected chi connectivity index (χ1v) is 26.0. The molecule has 0 saturated carbocycles. The molecule has 0 unspecified atom stereocenters. The molecule has 1 fully saturated rings. The largest absolute Gasteiger partial charge is 0.470 e. The zero-order valence-corrected chi connectivity index (χ0v) is 39.5. The number of aliphatic hydroxyl groups is 4. The highest BCUT2D eigenvalue weighted by atomic mass is 31.2. The number of phosphoric acid groups is 1. The van der Waals surface area contributed by atoms with E-state index >= 15 is 0 Å². The van der Waals surface area contributed by atoms with E-state index in [9.17, 15) is 49.2 Å². The Kier molecular flexibility index (Phi) is 34.4. The number of esters is 2. The summed E-state index contributed by atoms with van der Waals surface area (Å²) >= 11 is 0. The second-order valence-electron chi connectivity index (χ2n) is 17.5. The van der Waals surface area contributed by atoms with Gasteiger partial charge in [-0.05, 0) is 19.3 Å². The third-order valence-electron chi connectivity index (χ3n) is 11.6. The van der Waals surface area contributed by atoms with Crippen molar-refractivity contribution in [2.45, 2.75) is 269 Å². The predicted octanol–water partition coefficient (Wildman–Crippen LogP) is 8.36. The molecule has 15 nitrogen and oxygen atoms in total. The summed E-state index contributed by atoms with van der Waals surface area (Å²) in [7, 11) is -5.35. The highest BCUT2D eigenvalue weighted by molar-refractivity contribution is 7.46. The molecule has 1 heterocycles. The molecule has 1 saturated heterocycles. The van der Waals surface area contributed by atoms with Crippen molar-refractivity contribution in [1.82, 2.24) is 5.32 Å². The maximum absolute atomic E-state index is 13.4. The van der Waals surface area contributed by atoms with Crippen LogP contribution in [0.1, 0.15) is 220 Å². The fraction of sp³-hybridized carbons (Fsp3) is 0.935. The van der Waals surface area contributed by atoms with Crippen LogP contribution in [0.5, 0.6) is 0 Å². The number of carbonyl (C=O) groups excluding carboxylic acids is 3. The summed E-state index contributed by atoms with van der Waals surface area (Å²) in [6, 6.07) is -1.63. The molecule has 1 rings (SSSR count). The highest BCUT2D eigenvalue weighted by Crippen LogP contribution is 2.42. The molecule has 1 aliphatic heterocycles. The number of nitrogens with one attached hydrogen (secondary N) is 1. The Morgan fingerprint density at radius 2 is 0.903 bits per heavy atom. The van der Waals surface area contributed by atoms with Gasteiger partial charge in [0.05, 0.1) is 44.2 Å². The van der Waals surface area contributed by atoms with Crippen LogP contribution in [0.25, 0.3) is 0 Å². The monoisotopic (exact) mass is 910 g/mol. The van der Waals surface area contributed by atoms with Gasteiger partial charge in [-0.25, -0.2) is 4.57 Å². The van der Waals surface area contributed by atoms with Gasteiger partial charge < -0.3 is 49.7 Å². The summed E-state index contributed by atoms with van der Waals surface area (Å²) < 4.78 is 34.3. The van der Waals surface area contributed by atoms with Gasteiger partial charge in [0.15, 0.2) is 6.10 Å². The average molecular weight is 910 g/mol. The van der Waals surface area contributed by atoms with Crippen molar-refractivity contribution in [3.63, 3.8) is 0 Å². The molecule has 8 atom stereocenters. The molecule has 0 aromatic rings. The SMILES string of the molecule is CCCCCCCCCCCCCCC[C@@H](O)CC(=O)O[C@@H]1[C@@H](NC(=O)C[C@H](O)CCCCCCC)[C@@H](OC(=O)C[C@H](O)CCCCCCCCC)O[C@H](CO)[C@H]1OP(=O)(O)O. The van der Waals surface area contributed by atoms with Crippen LogP contribution in [0, 0.1) is 0 Å². The molecule has 0 aliphatic carbocycles. The Bertz CT molecular complexity index is 1190. The van der Waals surface area contributed by atoms with Crippen LogP contribution in [0.15, 0.2) is 0 Å². The van der Waals surface area contributed by atoms with Gasteiger partial charge >= 0.3 is 19.8 Å². The molecule has 16 heteroatoms. The lowest BCUT2D eigenvalue weighted by molar-refractivity contribution is -0.265. The van der Waals surface area contributed by atoms with Crippen LogP contribution < -0.4 is 5.32 Å². The zero-order valence-electron chi connectivity index (χ0n) is 38.6. The maximum Gasteiger partial charge on any atom is 0.470 e. The molecule has 7 N–H and O–H groups in total. The number of carbonyl (C=O) groups is 3. The standard InChI is InChI=1S/C46H88NO14P/c1-4-7-10-13-15-16-17-18-19-20-22-25-28-30-37(50)33-41(53)59-45-43(47-40(52)32-36(49)29-26-23-12-9-6-3)46(58-39(35-48)44(45)61-62(55,56)57)60-42(54)34-38(51)31-27-24-21-14-11-8-5-2/h36-39,43-46,48-51H,4-35H2,1-3H3,(H,47,52)(H2,55,56,57)/t36-,37-,38-,39-,43-,44-,45-,46-/m1/s1. The van der Waals surface area contributed by atoms with Gasteiger partial charge in [-0.1, -0.05) is 181 Å². The first kappa shape index (κ1) is 58.3. The Morgan fingerprint density at radius 1 is 0.548 bits per heavy atom. The number of amides is 1. The van der Waals surface area contributed by atoms with Crippen molar-refractivity contribution in [1.29, 1.82) is 0 Å². The normalized spacial score (nSPS) is 20.7. The van der Waals surface area contributed by atoms with Crippen molar-refractivity contribution in [3.8, 4) is 0 Å². The number of aliphatic hydroxyl groups excluding tert-OH is 4. The van der Waals surface area contributed by atoms with Crippen molar-refractivity contribution < 1.29 is 67.9 Å². The van der Waals surface area contributed by atoms with E-state index in [0.717, 1.165) is 83.5 Å². The second-order valence-corrected chi connectivity index (χ2v) is 18.7. The van der Waals surface area contributed by atoms with Gasteiger partial charge in [-0.3, -0.25) is 18.9 Å². The minimum atomic E-state index is -5.35. The Morgan fingerprint density at radius 3 is 1.27 bits per heavy atom. The van der Waals surface area contributed by atoms with Gasteiger partial charge in [-0.15, -0.1) is 0 Å². The number of hydrogen-bond acceptors (Lipinski definition) is 12. The predicted molar refractivity (Wildman–Crippen MR) is 239 cm³/mol. The van der Waals surface area contributed by atoms with Crippen molar-refractivity contribution >= 4 is 25.7 Å². The van der Waals surface area contributed by atoms with Crippen molar-refractivity contribution in [2.24, 2.45) is 0 Å². The smallest absolute Gasteiger partial charge is 0.457 e. The van der Waals surface area contributed by atoms with Crippen LogP contribution in [0.4, 0.5) is 0 Å². The summed E-state index contributed by atoms with van der Waals surface area (Å²) in [5.41, 5.74) is 0. The van der Waals surface area contributed by atoms with Crippen LogP contribution >= 0.6 is 7.82 Å². The molecule has 62 heavy (non-hydrogen) atoms. The Hall–Kier alpha value is -1.68. The lowest BCUT2D eigenvalue weighted by Crippen LogP contribution is -2.66. The quantitative estimate of drug-likeness (QED) is 0.0174. The van der Waals surface area contributed by atoms with Crippen LogP contribution in [0.3, 0.4) is 0 Å². The molecule has 1 amide bonds. The molecule has 0 aromatic carbocycles. The number of ether oxygens (including phenoxy) is 3. The summed E-state index contributed by atoms with van der Waals surface area (Å²) in [6.07, 6.45) is 16.2. The van der Waals surface area contributed by atoms with E-state index < -0.39 is 100 Å². The van der Waals surface area contributed by atoms with E-state index in [-0.39, 0.29) is 0 Å². The van der Waals surface area contributed by atoms with Crippen molar-refractivity contribution in [3.05, 3.63) is 0 Å². The summed E-state index contributed by atoms with van der Waals surface area (Å²) in [5, 5.41) is 44.9. The Labute approximate surface area is 373 Å². The Balaban J connectivity index is 3.03. The average Bonchev–Trinajstić information content (AvgIpc) is 3.20. The molecular weight excluding hydrogens is 821 g/mol. The summed E-state index contributed by atoms with van der Waals surface area (Å²) in [5.74, 6) is -2.68. The van der Waals surface area contributed by atoms with E-state index in [4.69, 9.17) is 18.7 Å². The number of rotatable bonds is 40. The van der Waals surface area contributed by atoms with Gasteiger partial charge in [0.2, 0.25) is 12.2 Å². The fourth-order valence-electron chi connectivity index (χ4n) is 7.98. The lowest BCUT2D eigenvalue weighted by Gasteiger charge is -2.44. The van der Waals surface area contributed by atoms with Crippen LogP contribution in [-0.4, -0.2) is 104 Å². The number of phosphoric ester groups is 1. The summed E-state index contributed by atoms with van der Waals surface area (Å²) in [6.45, 7) is 5.53. The highest BCUT2D eigenvalue weighted by Gasteiger charge is 2.53. The first-order valence-electron chi connectivity index (χ1n) is 24.5. The molecule has 1 aliphatic rings. The number of hydrogen-bond donors (Lipinski definition) is 7. The van der Waals surface area contributed by atoms with E-state index in [2.05, 4.69) is 26.1 Å². The van der Waals surface area contributed by atoms with Gasteiger partial charge in [0.1, 0.15) is 18.2 Å². The van der Waals surface area contributed by atoms with Gasteiger partial charge in [-0.2, -0.15) is 0 Å². The fourth-order valence-corrected chi connectivity index (χ4v) is 8.55. The van der Waals surface area contributed by atoms with Crippen molar-refractivity contribution in [2.75, 3.05) is 6.61 Å². The lowest BCUT2D eigenvalue weighted by atomic mass is 9.96. The first-order chi connectivity index (χ1) is 29.7. The number of unbranched alkanes of at least 4 members (excludes halogenated alkanes) is 22. The minimum Gasteiger partial charge on any atom is -0.457 e. The van der Waals surface area contributed by atoms with E-state index in [1.54, 1.807) is 0 Å². The minimum absolute atomic E-state index is 0.306. The maximum atomic E-state index is 13.4. The third kappa shape index (κ3) is 29.7. The van der Waals surface area contributed by atoms with E-state index in [1.807, 2.05) is 0 Å². The molecule has 0 radical (unpaired) electrons. The van der Waals surface area contributed by atoms with Gasteiger partial charge in [0.25, 0.3) is 0 Å². The zero-order chi connectivity index (χ0) is 46.0. The topological polar surface area (TPSA) is 239 Å². The third-order valence-corrected chi connectivity index (χ3v) is 12.1. The van der Waals surface area contributed by atoms with Gasteiger partial charge in [0, 0.05) is 0 Å². The molecule has 0 aromatic heterocycles. The van der Waals surface area contributed by atoms with Crippen LogP contribution in [-0.2, 0) is 37.7 Å². The molecular formula is C46H88NO14P. The molecule has 0 spiro atoms. The van der Waals surface area contributed by atoms with E-state index in [0.29, 0.717) is 38.5 Å². The van der Waals surface area contributed by atoms with E-state index in [1.165, 1.54) is 57.8 Å². The summed E-state index contributed by atoms with van der Waals surface area (Å²) in [4.78, 5) is 59.7. The second kappa shape index (κ2) is 36.5.